The number of sulfonamides is 1. The number of aryl methyl sites for hydroxylation is 1. The van der Waals surface area contributed by atoms with Gasteiger partial charge in [0.25, 0.3) is 10.0 Å². The van der Waals surface area contributed by atoms with Gasteiger partial charge in [-0.3, -0.25) is 4.79 Å². The van der Waals surface area contributed by atoms with Crippen LogP contribution in [0, 0.1) is 5.82 Å². The molecule has 0 aliphatic carbocycles. The van der Waals surface area contributed by atoms with Crippen molar-refractivity contribution in [3.05, 3.63) is 41.8 Å². The van der Waals surface area contributed by atoms with Crippen LogP contribution in [0.2, 0.25) is 0 Å². The van der Waals surface area contributed by atoms with Gasteiger partial charge in [-0.25, -0.2) is 17.5 Å². The molecule has 0 saturated carbocycles. The monoisotopic (exact) mass is 353 g/mol. The van der Waals surface area contributed by atoms with Crippen LogP contribution < -0.4 is 0 Å². The zero-order chi connectivity index (χ0) is 17.3. The smallest absolute Gasteiger partial charge is 0.262 e. The van der Waals surface area contributed by atoms with Gasteiger partial charge in [0.05, 0.1) is 12.7 Å². The van der Waals surface area contributed by atoms with E-state index in [1.165, 1.54) is 24.1 Å². The average Bonchev–Trinajstić information content (AvgIpc) is 2.96. The Kier molecular flexibility index (Phi) is 4.33. The molecule has 0 radical (unpaired) electrons. The van der Waals surface area contributed by atoms with Gasteiger partial charge in [0.1, 0.15) is 5.82 Å². The molecule has 0 N–H and O–H groups in total. The Hall–Kier alpha value is -2.33. The van der Waals surface area contributed by atoms with Crippen LogP contribution in [-0.4, -0.2) is 58.2 Å². The molecular weight excluding hydrogens is 337 g/mol. The standard InChI is InChI=1S/C14H16FN5O3S/c1-18-14(8-16-17-18)24(22,23)20-6-5-19(13(21)10-20)9-11-3-2-4-12(15)7-11/h2-4,7-8H,5-6,9-10H2,1H3. The summed E-state index contributed by atoms with van der Waals surface area (Å²) in [7, 11) is -2.35. The lowest BCUT2D eigenvalue weighted by atomic mass is 10.2. The van der Waals surface area contributed by atoms with Gasteiger partial charge < -0.3 is 4.90 Å². The number of nitrogens with zero attached hydrogens (tertiary/aromatic N) is 5. The molecule has 0 spiro atoms. The van der Waals surface area contributed by atoms with Crippen LogP contribution in [0.25, 0.3) is 0 Å². The van der Waals surface area contributed by atoms with Crippen molar-refractivity contribution in [3.8, 4) is 0 Å². The van der Waals surface area contributed by atoms with Crippen LogP contribution in [0.3, 0.4) is 0 Å². The fraction of sp³-hybridized carbons (Fsp3) is 0.357. The van der Waals surface area contributed by atoms with Gasteiger partial charge in [0, 0.05) is 26.7 Å². The Bertz CT molecular complexity index is 867. The minimum Gasteiger partial charge on any atom is -0.336 e. The highest BCUT2D eigenvalue weighted by Gasteiger charge is 2.34. The number of carbonyl (C=O) groups excluding carboxylic acids is 1. The van der Waals surface area contributed by atoms with E-state index in [-0.39, 0.29) is 42.9 Å². The van der Waals surface area contributed by atoms with E-state index in [9.17, 15) is 17.6 Å². The second kappa shape index (κ2) is 6.29. The molecule has 3 rings (SSSR count). The van der Waals surface area contributed by atoms with Gasteiger partial charge >= 0.3 is 0 Å². The highest BCUT2D eigenvalue weighted by Crippen LogP contribution is 2.18. The van der Waals surface area contributed by atoms with Crippen molar-refractivity contribution in [2.45, 2.75) is 11.6 Å². The zero-order valence-electron chi connectivity index (χ0n) is 13.0. The lowest BCUT2D eigenvalue weighted by molar-refractivity contribution is -0.134. The minimum absolute atomic E-state index is 0.0612. The van der Waals surface area contributed by atoms with E-state index in [0.29, 0.717) is 5.56 Å². The van der Waals surface area contributed by atoms with E-state index in [2.05, 4.69) is 10.3 Å². The number of amides is 1. The Morgan fingerprint density at radius 1 is 1.29 bits per heavy atom. The third-order valence-electron chi connectivity index (χ3n) is 3.82. The molecule has 0 unspecified atom stereocenters. The van der Waals surface area contributed by atoms with Gasteiger partial charge in [-0.1, -0.05) is 17.3 Å². The molecule has 1 aromatic carbocycles. The van der Waals surface area contributed by atoms with Crippen molar-refractivity contribution in [2.24, 2.45) is 7.05 Å². The molecule has 1 aliphatic rings. The summed E-state index contributed by atoms with van der Waals surface area (Å²) in [4.78, 5) is 13.8. The van der Waals surface area contributed by atoms with E-state index < -0.39 is 10.0 Å². The molecule has 1 aromatic heterocycles. The summed E-state index contributed by atoms with van der Waals surface area (Å²) in [5.74, 6) is -0.700. The maximum Gasteiger partial charge on any atom is 0.262 e. The molecule has 0 bridgehead atoms. The SMILES string of the molecule is Cn1nncc1S(=O)(=O)N1CCN(Cc2cccc(F)c2)C(=O)C1. The molecule has 8 nitrogen and oxygen atoms in total. The number of hydrogen-bond donors (Lipinski definition) is 0. The first kappa shape index (κ1) is 16.5. The molecule has 24 heavy (non-hydrogen) atoms. The third kappa shape index (κ3) is 3.15. The number of halogens is 1. The predicted octanol–water partition coefficient (Wildman–Crippen LogP) is -0.0127. The van der Waals surface area contributed by atoms with Crippen LogP contribution in [0.5, 0.6) is 0 Å². The van der Waals surface area contributed by atoms with Gasteiger partial charge in [-0.2, -0.15) is 4.31 Å². The largest absolute Gasteiger partial charge is 0.336 e. The first-order chi connectivity index (χ1) is 11.4. The first-order valence-electron chi connectivity index (χ1n) is 7.25. The van der Waals surface area contributed by atoms with Crippen LogP contribution in [-0.2, 0) is 28.4 Å². The predicted molar refractivity (Wildman–Crippen MR) is 81.6 cm³/mol. The number of aromatic nitrogens is 3. The minimum atomic E-state index is -3.82. The summed E-state index contributed by atoms with van der Waals surface area (Å²) < 4.78 is 40.5. The van der Waals surface area contributed by atoms with E-state index in [4.69, 9.17) is 0 Å². The fourth-order valence-corrected chi connectivity index (χ4v) is 3.98. The van der Waals surface area contributed by atoms with Gasteiger partial charge in [0.2, 0.25) is 5.91 Å². The highest BCUT2D eigenvalue weighted by atomic mass is 32.2. The molecule has 128 valence electrons. The molecule has 10 heteroatoms. The normalized spacial score (nSPS) is 16.6. The Balaban J connectivity index is 1.72. The summed E-state index contributed by atoms with van der Waals surface area (Å²) in [5.41, 5.74) is 0.662. The molecular formula is C14H16FN5O3S. The van der Waals surface area contributed by atoms with E-state index in [1.54, 1.807) is 12.1 Å². The topological polar surface area (TPSA) is 88.4 Å². The quantitative estimate of drug-likeness (QED) is 0.771. The van der Waals surface area contributed by atoms with Crippen molar-refractivity contribution in [3.63, 3.8) is 0 Å². The van der Waals surface area contributed by atoms with Crippen molar-refractivity contribution in [1.29, 1.82) is 0 Å². The summed E-state index contributed by atoms with van der Waals surface area (Å²) in [6, 6.07) is 5.99. The molecule has 2 aromatic rings. The van der Waals surface area contributed by atoms with Crippen LogP contribution in [0.15, 0.2) is 35.5 Å². The van der Waals surface area contributed by atoms with Crippen LogP contribution >= 0.6 is 0 Å². The number of hydrogen-bond acceptors (Lipinski definition) is 5. The van der Waals surface area contributed by atoms with E-state index in [1.807, 2.05) is 0 Å². The summed E-state index contributed by atoms with van der Waals surface area (Å²) in [6.07, 6.45) is 1.15. The molecule has 1 fully saturated rings. The third-order valence-corrected chi connectivity index (χ3v) is 5.71. The summed E-state index contributed by atoms with van der Waals surface area (Å²) in [6.45, 7) is 0.384. The van der Waals surface area contributed by atoms with Gasteiger partial charge in [0.15, 0.2) is 5.03 Å². The molecule has 1 saturated heterocycles. The number of carbonyl (C=O) groups is 1. The maximum atomic E-state index is 13.2. The molecule has 1 aliphatic heterocycles. The lowest BCUT2D eigenvalue weighted by Gasteiger charge is -2.33. The fourth-order valence-electron chi connectivity index (χ4n) is 2.56. The van der Waals surface area contributed by atoms with Crippen molar-refractivity contribution in [1.82, 2.24) is 24.2 Å². The second-order valence-corrected chi connectivity index (χ2v) is 7.36. The molecule has 0 atom stereocenters. The Morgan fingerprint density at radius 3 is 2.71 bits per heavy atom. The Labute approximate surface area is 138 Å². The molecule has 1 amide bonds. The van der Waals surface area contributed by atoms with Crippen LogP contribution in [0.1, 0.15) is 5.56 Å². The van der Waals surface area contributed by atoms with Crippen molar-refractivity contribution in [2.75, 3.05) is 19.6 Å². The summed E-state index contributed by atoms with van der Waals surface area (Å²) in [5, 5.41) is 7.10. The number of piperazine rings is 1. The van der Waals surface area contributed by atoms with Crippen molar-refractivity contribution >= 4 is 15.9 Å². The van der Waals surface area contributed by atoms with Gasteiger partial charge in [-0.05, 0) is 17.7 Å². The zero-order valence-corrected chi connectivity index (χ0v) is 13.8. The first-order valence-corrected chi connectivity index (χ1v) is 8.69. The van der Waals surface area contributed by atoms with Crippen molar-refractivity contribution < 1.29 is 17.6 Å². The van der Waals surface area contributed by atoms with E-state index in [0.717, 1.165) is 15.2 Å². The Morgan fingerprint density at radius 2 is 2.08 bits per heavy atom. The van der Waals surface area contributed by atoms with E-state index >= 15 is 0 Å². The van der Waals surface area contributed by atoms with Gasteiger partial charge in [-0.15, -0.1) is 5.10 Å². The molecule has 2 heterocycles. The summed E-state index contributed by atoms with van der Waals surface area (Å²) >= 11 is 0. The number of rotatable bonds is 4. The number of benzene rings is 1. The lowest BCUT2D eigenvalue weighted by Crippen LogP contribution is -2.51. The van der Waals surface area contributed by atoms with Crippen LogP contribution in [0.4, 0.5) is 4.39 Å². The maximum absolute atomic E-state index is 13.2. The second-order valence-electron chi connectivity index (χ2n) is 5.48. The highest BCUT2D eigenvalue weighted by molar-refractivity contribution is 7.89. The average molecular weight is 353 g/mol.